The highest BCUT2D eigenvalue weighted by Crippen LogP contribution is 2.25. The van der Waals surface area contributed by atoms with E-state index in [1.54, 1.807) is 30.6 Å². The van der Waals surface area contributed by atoms with Crippen LogP contribution in [0.25, 0.3) is 22.0 Å². The molecule has 0 saturated carbocycles. The summed E-state index contributed by atoms with van der Waals surface area (Å²) in [7, 11) is 0. The van der Waals surface area contributed by atoms with Crippen molar-refractivity contribution < 1.29 is 9.90 Å². The summed E-state index contributed by atoms with van der Waals surface area (Å²) in [6, 6.07) is 15.3. The molecular formula is C20H15N3O2. The minimum Gasteiger partial charge on any atom is -0.478 e. The maximum absolute atomic E-state index is 11.2. The van der Waals surface area contributed by atoms with Crippen LogP contribution in [-0.2, 0) is 6.54 Å². The van der Waals surface area contributed by atoms with Gasteiger partial charge in [-0.3, -0.25) is 0 Å². The number of fused-ring (bicyclic) bond motifs is 1. The first kappa shape index (κ1) is 15.1. The number of carboxylic acids is 1. The lowest BCUT2D eigenvalue weighted by atomic mass is 10.1. The number of aromatic nitrogens is 3. The fraction of sp³-hybridized carbons (Fsp3) is 0.0500. The Kier molecular flexibility index (Phi) is 3.74. The van der Waals surface area contributed by atoms with Crippen molar-refractivity contribution in [3.8, 4) is 11.1 Å². The number of nitrogens with zero attached hydrogens (tertiary/aromatic N) is 3. The van der Waals surface area contributed by atoms with Crippen LogP contribution in [0.2, 0.25) is 0 Å². The van der Waals surface area contributed by atoms with Crippen molar-refractivity contribution in [1.82, 2.24) is 14.5 Å². The highest BCUT2D eigenvalue weighted by atomic mass is 16.4. The molecule has 0 radical (unpaired) electrons. The zero-order valence-electron chi connectivity index (χ0n) is 13.3. The molecule has 2 aromatic heterocycles. The first-order chi connectivity index (χ1) is 12.2. The summed E-state index contributed by atoms with van der Waals surface area (Å²) in [5.74, 6) is -0.912. The van der Waals surface area contributed by atoms with Gasteiger partial charge in [-0.2, -0.15) is 0 Å². The minimum atomic E-state index is -0.912. The van der Waals surface area contributed by atoms with Gasteiger partial charge in [0.1, 0.15) is 6.33 Å². The van der Waals surface area contributed by atoms with E-state index in [4.69, 9.17) is 5.11 Å². The Balaban J connectivity index is 1.73. The van der Waals surface area contributed by atoms with Crippen LogP contribution in [-0.4, -0.2) is 25.6 Å². The molecule has 0 fully saturated rings. The van der Waals surface area contributed by atoms with Gasteiger partial charge in [0.25, 0.3) is 0 Å². The monoisotopic (exact) mass is 329 g/mol. The quantitative estimate of drug-likeness (QED) is 0.617. The third-order valence-electron chi connectivity index (χ3n) is 4.19. The Labute approximate surface area is 144 Å². The normalized spacial score (nSPS) is 10.9. The van der Waals surface area contributed by atoms with Crippen LogP contribution in [0.5, 0.6) is 0 Å². The summed E-state index contributed by atoms with van der Waals surface area (Å²) in [5.41, 5.74) is 4.35. The zero-order chi connectivity index (χ0) is 17.2. The molecule has 5 nitrogen and oxygen atoms in total. The second-order valence-corrected chi connectivity index (χ2v) is 5.85. The highest BCUT2D eigenvalue weighted by Gasteiger charge is 2.07. The molecule has 0 bridgehead atoms. The lowest BCUT2D eigenvalue weighted by Gasteiger charge is -2.08. The van der Waals surface area contributed by atoms with E-state index < -0.39 is 5.97 Å². The third-order valence-corrected chi connectivity index (χ3v) is 4.19. The second-order valence-electron chi connectivity index (χ2n) is 5.85. The first-order valence-electron chi connectivity index (χ1n) is 7.87. The molecule has 0 unspecified atom stereocenters. The standard InChI is InChI=1S/C20H15N3O2/c24-20(25)17-3-1-2-14(8-17)12-23-7-6-15-4-5-16(9-19(15)23)18-10-21-13-22-11-18/h1-11,13H,12H2,(H,24,25). The summed E-state index contributed by atoms with van der Waals surface area (Å²) in [4.78, 5) is 19.3. The van der Waals surface area contributed by atoms with Crippen molar-refractivity contribution in [2.45, 2.75) is 6.54 Å². The number of benzene rings is 2. The maximum Gasteiger partial charge on any atom is 0.335 e. The molecule has 122 valence electrons. The van der Waals surface area contributed by atoms with Crippen LogP contribution < -0.4 is 0 Å². The van der Waals surface area contributed by atoms with Gasteiger partial charge in [0, 0.05) is 36.2 Å². The molecule has 1 N–H and O–H groups in total. The molecule has 0 spiro atoms. The summed E-state index contributed by atoms with van der Waals surface area (Å²) < 4.78 is 2.11. The van der Waals surface area contributed by atoms with Crippen LogP contribution in [0.15, 0.2) is 73.4 Å². The Morgan fingerprint density at radius 3 is 2.64 bits per heavy atom. The number of hydrogen-bond acceptors (Lipinski definition) is 3. The third kappa shape index (κ3) is 2.99. The molecule has 0 aliphatic carbocycles. The van der Waals surface area contributed by atoms with Crippen LogP contribution in [0.3, 0.4) is 0 Å². The number of rotatable bonds is 4. The Hall–Kier alpha value is -3.47. The second kappa shape index (κ2) is 6.20. The van der Waals surface area contributed by atoms with Crippen LogP contribution in [0.4, 0.5) is 0 Å². The van der Waals surface area contributed by atoms with Gasteiger partial charge >= 0.3 is 5.97 Å². The average molecular weight is 329 g/mol. The number of hydrogen-bond donors (Lipinski definition) is 1. The highest BCUT2D eigenvalue weighted by molar-refractivity contribution is 5.88. The lowest BCUT2D eigenvalue weighted by molar-refractivity contribution is 0.0696. The largest absolute Gasteiger partial charge is 0.478 e. The van der Waals surface area contributed by atoms with E-state index in [2.05, 4.69) is 38.8 Å². The van der Waals surface area contributed by atoms with Crippen LogP contribution in [0.1, 0.15) is 15.9 Å². The summed E-state index contributed by atoms with van der Waals surface area (Å²) in [5, 5.41) is 10.3. The molecule has 4 rings (SSSR count). The van der Waals surface area contributed by atoms with Crippen molar-refractivity contribution in [2.24, 2.45) is 0 Å². The van der Waals surface area contributed by atoms with Gasteiger partial charge in [-0.05, 0) is 40.8 Å². The van der Waals surface area contributed by atoms with Crippen molar-refractivity contribution in [3.63, 3.8) is 0 Å². The molecule has 0 aliphatic heterocycles. The Morgan fingerprint density at radius 2 is 1.84 bits per heavy atom. The van der Waals surface area contributed by atoms with E-state index in [1.807, 2.05) is 12.3 Å². The smallest absolute Gasteiger partial charge is 0.335 e. The summed E-state index contributed by atoms with van der Waals surface area (Å²) in [6.45, 7) is 0.610. The fourth-order valence-corrected chi connectivity index (χ4v) is 2.95. The topological polar surface area (TPSA) is 68.0 Å². The van der Waals surface area contributed by atoms with Crippen molar-refractivity contribution in [2.75, 3.05) is 0 Å². The summed E-state index contributed by atoms with van der Waals surface area (Å²) >= 11 is 0. The van der Waals surface area contributed by atoms with Gasteiger partial charge in [0.15, 0.2) is 0 Å². The van der Waals surface area contributed by atoms with Gasteiger partial charge in [0.05, 0.1) is 5.56 Å². The molecule has 4 aromatic rings. The molecule has 0 atom stereocenters. The van der Waals surface area contributed by atoms with Crippen molar-refractivity contribution in [1.29, 1.82) is 0 Å². The fourth-order valence-electron chi connectivity index (χ4n) is 2.95. The Morgan fingerprint density at radius 1 is 1.00 bits per heavy atom. The van der Waals surface area contributed by atoms with Crippen molar-refractivity contribution >= 4 is 16.9 Å². The molecule has 0 saturated heterocycles. The molecule has 2 heterocycles. The van der Waals surface area contributed by atoms with E-state index in [1.165, 1.54) is 6.33 Å². The van der Waals surface area contributed by atoms with Gasteiger partial charge in [0.2, 0.25) is 0 Å². The SMILES string of the molecule is O=C(O)c1cccc(Cn2ccc3ccc(-c4cncnc4)cc32)c1. The van der Waals surface area contributed by atoms with Gasteiger partial charge in [-0.15, -0.1) is 0 Å². The Bertz CT molecular complexity index is 1050. The zero-order valence-corrected chi connectivity index (χ0v) is 13.3. The minimum absolute atomic E-state index is 0.302. The van der Waals surface area contributed by atoms with Crippen molar-refractivity contribution in [3.05, 3.63) is 84.6 Å². The van der Waals surface area contributed by atoms with E-state index >= 15 is 0 Å². The molecule has 0 aliphatic rings. The van der Waals surface area contributed by atoms with E-state index in [0.717, 1.165) is 27.6 Å². The summed E-state index contributed by atoms with van der Waals surface area (Å²) in [6.07, 6.45) is 7.11. The first-order valence-corrected chi connectivity index (χ1v) is 7.87. The van der Waals surface area contributed by atoms with Crippen LogP contribution in [0, 0.1) is 0 Å². The van der Waals surface area contributed by atoms with Gasteiger partial charge in [-0.25, -0.2) is 14.8 Å². The van der Waals surface area contributed by atoms with Gasteiger partial charge in [-0.1, -0.05) is 24.3 Å². The number of carboxylic acid groups (broad SMARTS) is 1. The molecule has 0 amide bonds. The molecule has 2 aromatic carbocycles. The van der Waals surface area contributed by atoms with Gasteiger partial charge < -0.3 is 9.67 Å². The van der Waals surface area contributed by atoms with E-state index in [0.29, 0.717) is 12.1 Å². The average Bonchev–Trinajstić information content (AvgIpc) is 3.05. The van der Waals surface area contributed by atoms with E-state index in [-0.39, 0.29) is 0 Å². The predicted octanol–water partition coefficient (Wildman–Crippen LogP) is 3.84. The van der Waals surface area contributed by atoms with E-state index in [9.17, 15) is 4.79 Å². The number of carbonyl (C=O) groups is 1. The number of aromatic carboxylic acids is 1. The lowest BCUT2D eigenvalue weighted by Crippen LogP contribution is -2.01. The molecular weight excluding hydrogens is 314 g/mol. The maximum atomic E-state index is 11.2. The molecule has 25 heavy (non-hydrogen) atoms. The van der Waals surface area contributed by atoms with Crippen LogP contribution >= 0.6 is 0 Å². The molecule has 5 heteroatoms. The predicted molar refractivity (Wildman–Crippen MR) is 95.5 cm³/mol.